The predicted molar refractivity (Wildman–Crippen MR) is 89.8 cm³/mol. The average Bonchev–Trinajstić information content (AvgIpc) is 3.18. The molecule has 3 rings (SSSR count). The number of fused-ring (bicyclic) bond motifs is 1. The smallest absolute Gasteiger partial charge is 0.320 e. The molecule has 1 fully saturated rings. The fraction of sp³-hybridized carbons (Fsp3) is 0.471. The number of aliphatic hydroxyl groups excluding tert-OH is 1. The lowest BCUT2D eigenvalue weighted by Crippen LogP contribution is -2.34. The van der Waals surface area contributed by atoms with Crippen LogP contribution in [0.5, 0.6) is 0 Å². The Morgan fingerprint density at radius 2 is 2.16 bits per heavy atom. The van der Waals surface area contributed by atoms with Gasteiger partial charge in [0.1, 0.15) is 11.7 Å². The van der Waals surface area contributed by atoms with Gasteiger partial charge in [-0.05, 0) is 24.5 Å². The summed E-state index contributed by atoms with van der Waals surface area (Å²) in [5.74, 6) is -1.32. The van der Waals surface area contributed by atoms with Gasteiger partial charge in [-0.15, -0.1) is 0 Å². The van der Waals surface area contributed by atoms with Crippen LogP contribution < -0.4 is 5.73 Å². The second-order valence-electron chi connectivity index (χ2n) is 6.54. The van der Waals surface area contributed by atoms with Crippen LogP contribution in [0, 0.1) is 5.92 Å². The van der Waals surface area contributed by atoms with E-state index in [4.69, 9.17) is 10.8 Å². The minimum Gasteiger partial charge on any atom is -0.480 e. The number of amides is 1. The lowest BCUT2D eigenvalue weighted by atomic mass is 9.98. The third-order valence-electron chi connectivity index (χ3n) is 4.69. The van der Waals surface area contributed by atoms with Gasteiger partial charge in [0.15, 0.2) is 0 Å². The zero-order chi connectivity index (χ0) is 18.0. The van der Waals surface area contributed by atoms with Crippen LogP contribution in [0.25, 0.3) is 5.65 Å². The highest BCUT2D eigenvalue weighted by Crippen LogP contribution is 2.23. The molecule has 1 amide bonds. The van der Waals surface area contributed by atoms with E-state index in [0.717, 1.165) is 11.2 Å². The van der Waals surface area contributed by atoms with Gasteiger partial charge in [0, 0.05) is 44.0 Å². The summed E-state index contributed by atoms with van der Waals surface area (Å²) in [4.78, 5) is 28.7. The Kier molecular flexibility index (Phi) is 5.00. The van der Waals surface area contributed by atoms with Crippen LogP contribution in [0.1, 0.15) is 18.4 Å². The Labute approximate surface area is 144 Å². The molecule has 0 bridgehead atoms. The fourth-order valence-corrected chi connectivity index (χ4v) is 3.21. The number of carbonyl (C=O) groups is 2. The lowest BCUT2D eigenvalue weighted by Gasteiger charge is -2.17. The minimum atomic E-state index is -1.11. The van der Waals surface area contributed by atoms with Gasteiger partial charge in [-0.25, -0.2) is 4.98 Å². The number of likely N-dealkylation sites (tertiary alicyclic amines) is 1. The van der Waals surface area contributed by atoms with Crippen molar-refractivity contribution in [2.75, 3.05) is 13.1 Å². The molecule has 1 aliphatic rings. The van der Waals surface area contributed by atoms with Crippen molar-refractivity contribution in [1.29, 1.82) is 0 Å². The Balaban J connectivity index is 1.57. The van der Waals surface area contributed by atoms with Crippen LogP contribution in [-0.2, 0) is 16.0 Å². The monoisotopic (exact) mass is 346 g/mol. The molecule has 4 N–H and O–H groups in total. The third-order valence-corrected chi connectivity index (χ3v) is 4.69. The van der Waals surface area contributed by atoms with Crippen molar-refractivity contribution < 1.29 is 19.8 Å². The summed E-state index contributed by atoms with van der Waals surface area (Å²) in [6.45, 7) is 0.739. The summed E-state index contributed by atoms with van der Waals surface area (Å²) in [5.41, 5.74) is 7.36. The van der Waals surface area contributed by atoms with E-state index in [9.17, 15) is 14.7 Å². The molecule has 2 aromatic heterocycles. The molecule has 1 aliphatic heterocycles. The van der Waals surface area contributed by atoms with E-state index < -0.39 is 18.1 Å². The maximum absolute atomic E-state index is 12.2. The molecule has 1 saturated heterocycles. The Bertz CT molecular complexity index is 775. The normalized spacial score (nSPS) is 21.6. The first kappa shape index (κ1) is 17.4. The number of nitrogens with two attached hydrogens (primary N) is 1. The Morgan fingerprint density at radius 1 is 1.36 bits per heavy atom. The number of carbonyl (C=O) groups excluding carboxylic acids is 1. The van der Waals surface area contributed by atoms with Gasteiger partial charge in [0.25, 0.3) is 0 Å². The van der Waals surface area contributed by atoms with Crippen molar-refractivity contribution in [2.45, 2.75) is 31.4 Å². The summed E-state index contributed by atoms with van der Waals surface area (Å²) >= 11 is 0. The summed E-state index contributed by atoms with van der Waals surface area (Å²) in [5, 5.41) is 19.0. The molecule has 0 spiro atoms. The Hall–Kier alpha value is -2.45. The first-order valence-corrected chi connectivity index (χ1v) is 8.30. The van der Waals surface area contributed by atoms with Crippen molar-refractivity contribution in [3.63, 3.8) is 0 Å². The predicted octanol–water partition coefficient (Wildman–Crippen LogP) is -0.112. The largest absolute Gasteiger partial charge is 0.480 e. The van der Waals surface area contributed by atoms with Crippen LogP contribution in [0.3, 0.4) is 0 Å². The molecule has 25 heavy (non-hydrogen) atoms. The summed E-state index contributed by atoms with van der Waals surface area (Å²) in [7, 11) is 0. The molecule has 0 unspecified atom stereocenters. The molecule has 8 nitrogen and oxygen atoms in total. The third kappa shape index (κ3) is 3.97. The fourth-order valence-electron chi connectivity index (χ4n) is 3.21. The maximum atomic E-state index is 12.2. The van der Waals surface area contributed by atoms with Gasteiger partial charge in [-0.3, -0.25) is 9.59 Å². The standard InChI is InChI=1S/C17H22N4O4/c18-13(17(24)25)2-4-16(23)21-9-12(14(22)10-21)7-11-1-3-15-19-5-6-20(15)8-11/h1,3,5-6,8,12-14,22H,2,4,7,9-10,18H2,(H,24,25)/t12-,13+,14+/m0/s1. The van der Waals surface area contributed by atoms with Gasteiger partial charge in [0.2, 0.25) is 5.91 Å². The molecule has 134 valence electrons. The molecule has 8 heteroatoms. The molecular weight excluding hydrogens is 324 g/mol. The van der Waals surface area contributed by atoms with Crippen LogP contribution >= 0.6 is 0 Å². The van der Waals surface area contributed by atoms with Crippen molar-refractivity contribution in [2.24, 2.45) is 11.7 Å². The van der Waals surface area contributed by atoms with E-state index in [1.165, 1.54) is 0 Å². The topological polar surface area (TPSA) is 121 Å². The Morgan fingerprint density at radius 3 is 2.92 bits per heavy atom. The van der Waals surface area contributed by atoms with Gasteiger partial charge in [0.05, 0.1) is 6.10 Å². The van der Waals surface area contributed by atoms with Crippen LogP contribution in [0.2, 0.25) is 0 Å². The van der Waals surface area contributed by atoms with E-state index in [-0.39, 0.29) is 31.2 Å². The molecule has 0 aromatic carbocycles. The van der Waals surface area contributed by atoms with Crippen LogP contribution in [0.15, 0.2) is 30.7 Å². The zero-order valence-electron chi connectivity index (χ0n) is 13.8. The zero-order valence-corrected chi connectivity index (χ0v) is 13.8. The van der Waals surface area contributed by atoms with Crippen molar-refractivity contribution >= 4 is 17.5 Å². The van der Waals surface area contributed by atoms with Gasteiger partial charge in [-0.1, -0.05) is 6.07 Å². The number of carboxylic acid groups (broad SMARTS) is 1. The number of aliphatic hydroxyl groups is 1. The van der Waals surface area contributed by atoms with E-state index in [2.05, 4.69) is 4.98 Å². The summed E-state index contributed by atoms with van der Waals surface area (Å²) in [6.07, 6.45) is 5.82. The first-order valence-electron chi connectivity index (χ1n) is 8.30. The summed E-state index contributed by atoms with van der Waals surface area (Å²) < 4.78 is 1.92. The number of aliphatic carboxylic acids is 1. The number of β-amino-alcohol motifs (C(OH)–C–C–N with tert-alkyl or cyclic N) is 1. The summed E-state index contributed by atoms with van der Waals surface area (Å²) in [6, 6.07) is 2.87. The van der Waals surface area contributed by atoms with Crippen molar-refractivity contribution in [3.05, 3.63) is 36.3 Å². The molecule has 0 aliphatic carbocycles. The van der Waals surface area contributed by atoms with Crippen molar-refractivity contribution in [1.82, 2.24) is 14.3 Å². The number of carboxylic acids is 1. The number of rotatable bonds is 6. The maximum Gasteiger partial charge on any atom is 0.320 e. The molecular formula is C17H22N4O4. The van der Waals surface area contributed by atoms with Crippen molar-refractivity contribution in [3.8, 4) is 0 Å². The minimum absolute atomic E-state index is 0.0435. The number of aromatic nitrogens is 2. The molecule has 2 aromatic rings. The molecule has 0 saturated carbocycles. The van der Waals surface area contributed by atoms with Crippen LogP contribution in [0.4, 0.5) is 0 Å². The molecule has 3 heterocycles. The van der Waals surface area contributed by atoms with Gasteiger partial charge < -0.3 is 25.2 Å². The second-order valence-corrected chi connectivity index (χ2v) is 6.54. The van der Waals surface area contributed by atoms with E-state index in [1.807, 2.05) is 28.9 Å². The first-order chi connectivity index (χ1) is 11.9. The number of imidazole rings is 1. The highest BCUT2D eigenvalue weighted by Gasteiger charge is 2.34. The number of pyridine rings is 1. The quantitative estimate of drug-likeness (QED) is 0.671. The number of hydrogen-bond acceptors (Lipinski definition) is 5. The van der Waals surface area contributed by atoms with E-state index in [0.29, 0.717) is 13.0 Å². The van der Waals surface area contributed by atoms with Crippen LogP contribution in [-0.4, -0.2) is 61.6 Å². The lowest BCUT2D eigenvalue weighted by molar-refractivity contribution is -0.139. The number of hydrogen-bond donors (Lipinski definition) is 3. The van der Waals surface area contributed by atoms with Gasteiger partial charge >= 0.3 is 5.97 Å². The SMILES string of the molecule is N[C@H](CCC(=O)N1C[C@H](Cc2ccc3nccn3c2)[C@H](O)C1)C(=O)O. The van der Waals surface area contributed by atoms with Gasteiger partial charge in [-0.2, -0.15) is 0 Å². The highest BCUT2D eigenvalue weighted by molar-refractivity contribution is 5.78. The average molecular weight is 346 g/mol. The van der Waals surface area contributed by atoms with E-state index >= 15 is 0 Å². The highest BCUT2D eigenvalue weighted by atomic mass is 16.4. The van der Waals surface area contributed by atoms with E-state index in [1.54, 1.807) is 11.1 Å². The number of nitrogens with zero attached hydrogens (tertiary/aromatic N) is 3. The molecule has 0 radical (unpaired) electrons. The second kappa shape index (κ2) is 7.20. The molecule has 3 atom stereocenters.